The predicted molar refractivity (Wildman–Crippen MR) is 188 cm³/mol. The molecular weight excluding hydrogens is 603 g/mol. The van der Waals surface area contributed by atoms with Gasteiger partial charge in [-0.15, -0.1) is 0 Å². The lowest BCUT2D eigenvalue weighted by molar-refractivity contribution is -0.161. The molecular formula is C37H63O8P. The van der Waals surface area contributed by atoms with Crippen LogP contribution in [0.5, 0.6) is 0 Å². The molecule has 0 aromatic heterocycles. The summed E-state index contributed by atoms with van der Waals surface area (Å²) in [5, 5.41) is 0. The fraction of sp³-hybridized carbons (Fsp3) is 0.676. The van der Waals surface area contributed by atoms with Crippen LogP contribution in [-0.4, -0.2) is 41.0 Å². The molecule has 264 valence electrons. The average molecular weight is 667 g/mol. The van der Waals surface area contributed by atoms with E-state index in [0.29, 0.717) is 12.8 Å². The Kier molecular flexibility index (Phi) is 31.1. The Labute approximate surface area is 279 Å². The molecule has 0 aromatic carbocycles. The maximum Gasteiger partial charge on any atom is 0.469 e. The van der Waals surface area contributed by atoms with Gasteiger partial charge in [0.2, 0.25) is 0 Å². The summed E-state index contributed by atoms with van der Waals surface area (Å²) in [4.78, 5) is 42.5. The Morgan fingerprint density at radius 2 is 1.17 bits per heavy atom. The first-order valence-electron chi connectivity index (χ1n) is 17.6. The maximum absolute atomic E-state index is 12.3. The van der Waals surface area contributed by atoms with E-state index in [0.717, 1.165) is 44.9 Å². The van der Waals surface area contributed by atoms with Crippen molar-refractivity contribution in [3.63, 3.8) is 0 Å². The molecule has 1 atom stereocenters. The molecule has 0 aromatic rings. The van der Waals surface area contributed by atoms with Crippen LogP contribution in [0, 0.1) is 0 Å². The van der Waals surface area contributed by atoms with Crippen molar-refractivity contribution in [1.29, 1.82) is 0 Å². The van der Waals surface area contributed by atoms with E-state index in [1.54, 1.807) is 0 Å². The Bertz CT molecular complexity index is 932. The number of carbonyl (C=O) groups excluding carboxylic acids is 2. The second kappa shape index (κ2) is 32.7. The van der Waals surface area contributed by atoms with E-state index in [1.165, 1.54) is 57.8 Å². The van der Waals surface area contributed by atoms with Crippen molar-refractivity contribution < 1.29 is 37.9 Å². The van der Waals surface area contributed by atoms with Crippen molar-refractivity contribution in [2.45, 2.75) is 148 Å². The molecule has 0 amide bonds. The van der Waals surface area contributed by atoms with Gasteiger partial charge in [-0.1, -0.05) is 139 Å². The summed E-state index contributed by atoms with van der Waals surface area (Å²) in [6.07, 6.45) is 39.6. The summed E-state index contributed by atoms with van der Waals surface area (Å²) in [6.45, 7) is 3.46. The van der Waals surface area contributed by atoms with E-state index in [1.807, 2.05) is 18.2 Å². The number of unbranched alkanes of at least 4 members (excludes halogenated alkanes) is 13. The zero-order valence-corrected chi connectivity index (χ0v) is 29.6. The fourth-order valence-corrected chi connectivity index (χ4v) is 4.84. The van der Waals surface area contributed by atoms with Gasteiger partial charge in [0.1, 0.15) is 6.61 Å². The summed E-state index contributed by atoms with van der Waals surface area (Å²) in [6, 6.07) is 0. The van der Waals surface area contributed by atoms with Crippen LogP contribution in [0.15, 0.2) is 60.8 Å². The average Bonchev–Trinajstić information content (AvgIpc) is 3.02. The first kappa shape index (κ1) is 43.8. The molecule has 0 spiro atoms. The highest BCUT2D eigenvalue weighted by Crippen LogP contribution is 2.35. The molecule has 0 aliphatic rings. The quantitative estimate of drug-likeness (QED) is 0.0247. The standard InChI is InChI=1S/C37H63O8P/c1-3-5-7-9-11-13-15-17-18-20-21-23-25-27-29-31-36(38)43-33-35(34-44-46(40,41)42)45-37(39)32-30-28-26-24-22-19-16-14-12-10-8-6-4-2/h5,7,9,11,13,15,19,22,26,28,35H,3-4,6,8,10,12,14,16-18,20-21,23-25,27,29-34H2,1-2H3,(H2,40,41,42)/b7-5+,11-9+,15-13+,22-19+,28-26+. The molecule has 2 N–H and O–H groups in total. The molecule has 0 bridgehead atoms. The Hall–Kier alpha value is -2.25. The van der Waals surface area contributed by atoms with E-state index in [4.69, 9.17) is 19.3 Å². The molecule has 1 unspecified atom stereocenters. The van der Waals surface area contributed by atoms with E-state index in [2.05, 4.69) is 60.9 Å². The molecule has 0 aliphatic carbocycles. The fourth-order valence-electron chi connectivity index (χ4n) is 4.48. The van der Waals surface area contributed by atoms with Gasteiger partial charge in [0, 0.05) is 12.8 Å². The minimum absolute atomic E-state index is 0.101. The molecule has 46 heavy (non-hydrogen) atoms. The largest absolute Gasteiger partial charge is 0.469 e. The maximum atomic E-state index is 12.3. The van der Waals surface area contributed by atoms with Gasteiger partial charge < -0.3 is 19.3 Å². The Morgan fingerprint density at radius 1 is 0.609 bits per heavy atom. The topological polar surface area (TPSA) is 119 Å². The van der Waals surface area contributed by atoms with Gasteiger partial charge in [0.15, 0.2) is 6.10 Å². The van der Waals surface area contributed by atoms with Crippen molar-refractivity contribution in [2.24, 2.45) is 0 Å². The molecule has 8 nitrogen and oxygen atoms in total. The van der Waals surface area contributed by atoms with Crippen LogP contribution >= 0.6 is 7.82 Å². The van der Waals surface area contributed by atoms with Crippen LogP contribution in [0.2, 0.25) is 0 Å². The number of esters is 2. The van der Waals surface area contributed by atoms with Gasteiger partial charge in [-0.2, -0.15) is 0 Å². The number of ether oxygens (including phenoxy) is 2. The lowest BCUT2D eigenvalue weighted by Gasteiger charge is -2.18. The predicted octanol–water partition coefficient (Wildman–Crippen LogP) is 10.2. The van der Waals surface area contributed by atoms with Crippen LogP contribution in [0.4, 0.5) is 0 Å². The van der Waals surface area contributed by atoms with E-state index >= 15 is 0 Å². The monoisotopic (exact) mass is 666 g/mol. The molecule has 9 heteroatoms. The minimum atomic E-state index is -4.77. The number of hydrogen-bond acceptors (Lipinski definition) is 6. The van der Waals surface area contributed by atoms with Crippen LogP contribution in [0.1, 0.15) is 142 Å². The third kappa shape index (κ3) is 34.6. The first-order valence-corrected chi connectivity index (χ1v) is 19.1. The highest BCUT2D eigenvalue weighted by Gasteiger charge is 2.22. The summed E-state index contributed by atoms with van der Waals surface area (Å²) >= 11 is 0. The normalized spacial score (nSPS) is 13.2. The van der Waals surface area contributed by atoms with Crippen LogP contribution < -0.4 is 0 Å². The van der Waals surface area contributed by atoms with Crippen molar-refractivity contribution >= 4 is 19.8 Å². The zero-order chi connectivity index (χ0) is 34.0. The molecule has 0 fully saturated rings. The summed E-state index contributed by atoms with van der Waals surface area (Å²) in [5.41, 5.74) is 0. The van der Waals surface area contributed by atoms with Crippen LogP contribution in [0.3, 0.4) is 0 Å². The van der Waals surface area contributed by atoms with E-state index < -0.39 is 32.5 Å². The molecule has 0 saturated carbocycles. The van der Waals surface area contributed by atoms with Gasteiger partial charge in [-0.25, -0.2) is 4.57 Å². The molecule has 0 heterocycles. The van der Waals surface area contributed by atoms with Crippen molar-refractivity contribution in [3.8, 4) is 0 Å². The van der Waals surface area contributed by atoms with Gasteiger partial charge >= 0.3 is 19.8 Å². The van der Waals surface area contributed by atoms with Crippen molar-refractivity contribution in [3.05, 3.63) is 60.8 Å². The van der Waals surface area contributed by atoms with Crippen molar-refractivity contribution in [1.82, 2.24) is 0 Å². The third-order valence-corrected chi connectivity index (χ3v) is 7.58. The molecule has 0 aliphatic heterocycles. The molecule has 0 radical (unpaired) electrons. The summed E-state index contributed by atoms with van der Waals surface area (Å²) in [5.74, 6) is -0.984. The molecule has 0 saturated heterocycles. The number of carbonyl (C=O) groups is 2. The number of rotatable bonds is 31. The van der Waals surface area contributed by atoms with Gasteiger partial charge in [-0.05, 0) is 51.4 Å². The third-order valence-electron chi connectivity index (χ3n) is 7.09. The van der Waals surface area contributed by atoms with Crippen molar-refractivity contribution in [2.75, 3.05) is 13.2 Å². The SMILES string of the molecule is CC/C=C/C=C/C=C/CCCCCCCCCC(=O)OCC(COP(=O)(O)O)OC(=O)CC/C=C/C/C=C/CCCCCCCC. The molecule has 0 rings (SSSR count). The lowest BCUT2D eigenvalue weighted by Crippen LogP contribution is -2.29. The highest BCUT2D eigenvalue weighted by atomic mass is 31.2. The smallest absolute Gasteiger partial charge is 0.462 e. The number of phosphoric acid groups is 1. The first-order chi connectivity index (χ1) is 22.3. The Morgan fingerprint density at radius 3 is 1.80 bits per heavy atom. The second-order valence-electron chi connectivity index (χ2n) is 11.5. The van der Waals surface area contributed by atoms with Crippen LogP contribution in [-0.2, 0) is 28.2 Å². The highest BCUT2D eigenvalue weighted by molar-refractivity contribution is 7.46. The minimum Gasteiger partial charge on any atom is -0.462 e. The summed E-state index contributed by atoms with van der Waals surface area (Å²) in [7, 11) is -4.77. The van der Waals surface area contributed by atoms with Crippen LogP contribution in [0.25, 0.3) is 0 Å². The number of hydrogen-bond donors (Lipinski definition) is 2. The van der Waals surface area contributed by atoms with E-state index in [-0.39, 0.29) is 19.4 Å². The second-order valence-corrected chi connectivity index (χ2v) is 12.8. The summed E-state index contributed by atoms with van der Waals surface area (Å²) < 4.78 is 26.2. The van der Waals surface area contributed by atoms with Gasteiger partial charge in [0.05, 0.1) is 6.61 Å². The number of phosphoric ester groups is 1. The number of allylic oxidation sites excluding steroid dienone is 10. The van der Waals surface area contributed by atoms with E-state index in [9.17, 15) is 14.2 Å². The van der Waals surface area contributed by atoms with Gasteiger partial charge in [0.25, 0.3) is 0 Å². The zero-order valence-electron chi connectivity index (χ0n) is 28.7. The Balaban J connectivity index is 4.10. The van der Waals surface area contributed by atoms with Gasteiger partial charge in [-0.3, -0.25) is 14.1 Å². The lowest BCUT2D eigenvalue weighted by atomic mass is 10.1.